The van der Waals surface area contributed by atoms with Crippen LogP contribution in [0.3, 0.4) is 0 Å². The van der Waals surface area contributed by atoms with Crippen molar-refractivity contribution in [1.29, 1.82) is 0 Å². The number of hydrogen-bond acceptors (Lipinski definition) is 8. The van der Waals surface area contributed by atoms with Crippen molar-refractivity contribution in [2.75, 3.05) is 13.2 Å². The quantitative estimate of drug-likeness (QED) is 0.294. The smallest absolute Gasteiger partial charge is 0.335 e. The maximum absolute atomic E-state index is 10.6. The van der Waals surface area contributed by atoms with Crippen molar-refractivity contribution in [2.24, 2.45) is 0 Å². The Morgan fingerprint density at radius 2 is 1.78 bits per heavy atom. The van der Waals surface area contributed by atoms with Crippen LogP contribution in [0.25, 0.3) is 0 Å². The molecule has 1 heterocycles. The second kappa shape index (κ2) is 6.38. The molecule has 18 heavy (non-hydrogen) atoms. The Morgan fingerprint density at radius 3 is 2.22 bits per heavy atom. The van der Waals surface area contributed by atoms with E-state index in [0.717, 1.165) is 0 Å². The predicted octanol–water partition coefficient (Wildman–Crippen LogP) is -3.75. The van der Waals surface area contributed by atoms with Crippen LogP contribution in [0.5, 0.6) is 0 Å². The molecule has 0 spiro atoms. The summed E-state index contributed by atoms with van der Waals surface area (Å²) >= 11 is 0. The summed E-state index contributed by atoms with van der Waals surface area (Å²) in [7, 11) is 0. The third-order valence-corrected chi connectivity index (χ3v) is 2.59. The molecule has 0 bridgehead atoms. The number of aliphatic hydroxyl groups is 5. The summed E-state index contributed by atoms with van der Waals surface area (Å²) in [6.45, 7) is -1.51. The molecule has 0 aliphatic carbocycles. The Hall–Kier alpha value is -0.810. The van der Waals surface area contributed by atoms with Crippen LogP contribution in [0.4, 0.5) is 0 Å². The largest absolute Gasteiger partial charge is 0.479 e. The van der Waals surface area contributed by atoms with Crippen molar-refractivity contribution in [3.05, 3.63) is 0 Å². The molecule has 106 valence electrons. The molecule has 1 fully saturated rings. The van der Waals surface area contributed by atoms with Crippen molar-refractivity contribution in [1.82, 2.24) is 0 Å². The fourth-order valence-electron chi connectivity index (χ4n) is 1.52. The molecule has 9 heteroatoms. The highest BCUT2D eigenvalue weighted by atomic mass is 16.7. The van der Waals surface area contributed by atoms with Crippen molar-refractivity contribution in [3.8, 4) is 0 Å². The summed E-state index contributed by atoms with van der Waals surface area (Å²) in [4.78, 5) is 10.6. The highest BCUT2D eigenvalue weighted by Gasteiger charge is 2.45. The van der Waals surface area contributed by atoms with E-state index in [4.69, 9.17) is 24.8 Å². The molecule has 6 N–H and O–H groups in total. The number of carboxylic acids is 1. The van der Waals surface area contributed by atoms with Crippen molar-refractivity contribution < 1.29 is 44.9 Å². The molecule has 0 aromatic carbocycles. The van der Waals surface area contributed by atoms with Crippen LogP contribution in [0, 0.1) is 0 Å². The molecule has 0 saturated carbocycles. The third-order valence-electron chi connectivity index (χ3n) is 2.59. The molecule has 0 radical (unpaired) electrons. The van der Waals surface area contributed by atoms with Gasteiger partial charge in [-0.15, -0.1) is 0 Å². The zero-order chi connectivity index (χ0) is 13.9. The second-order valence-corrected chi connectivity index (χ2v) is 3.84. The maximum atomic E-state index is 10.6. The molecular weight excluding hydrogens is 252 g/mol. The fourth-order valence-corrected chi connectivity index (χ4v) is 1.52. The Kier molecular flexibility index (Phi) is 5.41. The van der Waals surface area contributed by atoms with E-state index in [9.17, 15) is 20.1 Å². The first kappa shape index (κ1) is 15.2. The average Bonchev–Trinajstić information content (AvgIpc) is 2.35. The maximum Gasteiger partial charge on any atom is 0.335 e. The Labute approximate surface area is 102 Å². The van der Waals surface area contributed by atoms with Gasteiger partial charge in [-0.2, -0.15) is 0 Å². The number of hydrogen-bond donors (Lipinski definition) is 6. The van der Waals surface area contributed by atoms with E-state index in [1.165, 1.54) is 0 Å². The first-order chi connectivity index (χ1) is 8.42. The lowest BCUT2D eigenvalue weighted by atomic mass is 9.99. The summed E-state index contributed by atoms with van der Waals surface area (Å²) in [6, 6.07) is 0. The molecule has 0 aromatic heterocycles. The van der Waals surface area contributed by atoms with Gasteiger partial charge in [0.05, 0.1) is 13.2 Å². The number of aliphatic hydroxyl groups excluding tert-OH is 5. The van der Waals surface area contributed by atoms with Gasteiger partial charge in [0.1, 0.15) is 24.4 Å². The summed E-state index contributed by atoms with van der Waals surface area (Å²) in [6.07, 6.45) is -9.32. The van der Waals surface area contributed by atoms with Gasteiger partial charge in [0.2, 0.25) is 0 Å². The second-order valence-electron chi connectivity index (χ2n) is 3.84. The minimum Gasteiger partial charge on any atom is -0.479 e. The van der Waals surface area contributed by atoms with Gasteiger partial charge in [-0.25, -0.2) is 4.79 Å². The van der Waals surface area contributed by atoms with Crippen LogP contribution in [0.2, 0.25) is 0 Å². The van der Waals surface area contributed by atoms with Crippen LogP contribution in [0.1, 0.15) is 0 Å². The molecule has 1 rings (SSSR count). The normalized spacial score (nSPS) is 38.4. The first-order valence-corrected chi connectivity index (χ1v) is 5.22. The molecule has 6 atom stereocenters. The summed E-state index contributed by atoms with van der Waals surface area (Å²) in [5.74, 6) is -1.48. The summed E-state index contributed by atoms with van der Waals surface area (Å²) in [5, 5.41) is 54.7. The summed E-state index contributed by atoms with van der Waals surface area (Å²) in [5.41, 5.74) is 0. The van der Waals surface area contributed by atoms with E-state index in [0.29, 0.717) is 0 Å². The lowest BCUT2D eigenvalue weighted by molar-refractivity contribution is -0.311. The van der Waals surface area contributed by atoms with E-state index in [-0.39, 0.29) is 0 Å². The van der Waals surface area contributed by atoms with Gasteiger partial charge < -0.3 is 40.1 Å². The standard InChI is InChI=1S/C9H16O9/c10-1-3-5(12)6(13)7(14)9(17-3)18-4(2-11)8(15)16/h3-7,9-14H,1-2H2,(H,15,16)/t3-,4?,5-,6+,7+,9?/m1/s1. The van der Waals surface area contributed by atoms with Crippen molar-refractivity contribution in [2.45, 2.75) is 36.8 Å². The monoisotopic (exact) mass is 268 g/mol. The van der Waals surface area contributed by atoms with Gasteiger partial charge in [0, 0.05) is 0 Å². The summed E-state index contributed by atoms with van der Waals surface area (Å²) < 4.78 is 9.67. The van der Waals surface area contributed by atoms with Gasteiger partial charge in [-0.3, -0.25) is 0 Å². The topological polar surface area (TPSA) is 157 Å². The SMILES string of the molecule is O=C(O)C(CO)OC1O[C@H](CO)[C@@H](O)[C@H](O)[C@@H]1O. The Morgan fingerprint density at radius 1 is 1.17 bits per heavy atom. The van der Waals surface area contributed by atoms with Crippen LogP contribution in [0.15, 0.2) is 0 Å². The van der Waals surface area contributed by atoms with Crippen LogP contribution >= 0.6 is 0 Å². The van der Waals surface area contributed by atoms with Crippen LogP contribution < -0.4 is 0 Å². The molecular formula is C9H16O9. The van der Waals surface area contributed by atoms with Gasteiger partial charge in [0.15, 0.2) is 12.4 Å². The van der Waals surface area contributed by atoms with Gasteiger partial charge in [-0.1, -0.05) is 0 Å². The number of aliphatic carboxylic acids is 1. The Bertz CT molecular complexity index is 281. The van der Waals surface area contributed by atoms with Crippen LogP contribution in [-0.2, 0) is 14.3 Å². The zero-order valence-corrected chi connectivity index (χ0v) is 9.29. The Balaban J connectivity index is 2.72. The first-order valence-electron chi connectivity index (χ1n) is 5.22. The minimum absolute atomic E-state index is 0.651. The average molecular weight is 268 g/mol. The van der Waals surface area contributed by atoms with Crippen molar-refractivity contribution >= 4 is 5.97 Å². The van der Waals surface area contributed by atoms with Gasteiger partial charge in [-0.05, 0) is 0 Å². The lowest BCUT2D eigenvalue weighted by Crippen LogP contribution is -2.60. The molecule has 1 aliphatic heterocycles. The number of carboxylic acid groups (broad SMARTS) is 1. The molecule has 9 nitrogen and oxygen atoms in total. The van der Waals surface area contributed by atoms with E-state index in [2.05, 4.69) is 0 Å². The van der Waals surface area contributed by atoms with E-state index >= 15 is 0 Å². The highest BCUT2D eigenvalue weighted by Crippen LogP contribution is 2.22. The third kappa shape index (κ3) is 3.14. The van der Waals surface area contributed by atoms with E-state index in [1.807, 2.05) is 0 Å². The minimum atomic E-state index is -1.70. The molecule has 0 amide bonds. The van der Waals surface area contributed by atoms with E-state index < -0.39 is 56.0 Å². The van der Waals surface area contributed by atoms with Gasteiger partial charge >= 0.3 is 5.97 Å². The van der Waals surface area contributed by atoms with Gasteiger partial charge in [0.25, 0.3) is 0 Å². The molecule has 1 aliphatic rings. The fraction of sp³-hybridized carbons (Fsp3) is 0.889. The van der Waals surface area contributed by atoms with E-state index in [1.54, 1.807) is 0 Å². The van der Waals surface area contributed by atoms with Crippen LogP contribution in [-0.4, -0.2) is 86.6 Å². The zero-order valence-electron chi connectivity index (χ0n) is 9.29. The molecule has 1 saturated heterocycles. The lowest BCUT2D eigenvalue weighted by Gasteiger charge is -2.40. The van der Waals surface area contributed by atoms with Crippen molar-refractivity contribution in [3.63, 3.8) is 0 Å². The number of rotatable bonds is 5. The molecule has 0 aromatic rings. The highest BCUT2D eigenvalue weighted by molar-refractivity contribution is 5.72. The number of ether oxygens (including phenoxy) is 2. The predicted molar refractivity (Wildman–Crippen MR) is 53.4 cm³/mol. The number of carbonyl (C=O) groups is 1. The molecule has 2 unspecified atom stereocenters.